The maximum atomic E-state index is 13.2. The van der Waals surface area contributed by atoms with E-state index in [1.807, 2.05) is 36.4 Å². The average Bonchev–Trinajstić information content (AvgIpc) is 3.35. The van der Waals surface area contributed by atoms with Gasteiger partial charge >= 0.3 is 0 Å². The van der Waals surface area contributed by atoms with Crippen molar-refractivity contribution < 1.29 is 9.21 Å². The molecule has 3 aromatic carbocycles. The van der Waals surface area contributed by atoms with E-state index in [9.17, 15) is 9.59 Å². The molecule has 1 aromatic heterocycles. The fraction of sp³-hybridized carbons (Fsp3) is 0.267. The average molecular weight is 465 g/mol. The highest BCUT2D eigenvalue weighted by Gasteiger charge is 2.55. The summed E-state index contributed by atoms with van der Waals surface area (Å²) in [6, 6.07) is 25.3. The number of benzene rings is 3. The summed E-state index contributed by atoms with van der Waals surface area (Å²) in [5, 5.41) is 3.56. The Morgan fingerprint density at radius 2 is 1.63 bits per heavy atom. The maximum absolute atomic E-state index is 13.2. The third-order valence-corrected chi connectivity index (χ3v) is 7.62. The number of fused-ring (bicyclic) bond motifs is 2. The Morgan fingerprint density at radius 3 is 2.34 bits per heavy atom. The van der Waals surface area contributed by atoms with Gasteiger partial charge in [0.1, 0.15) is 5.76 Å². The van der Waals surface area contributed by atoms with Crippen molar-refractivity contribution in [2.75, 3.05) is 19.6 Å². The zero-order chi connectivity index (χ0) is 23.9. The molecule has 2 unspecified atom stereocenters. The van der Waals surface area contributed by atoms with Crippen molar-refractivity contribution in [3.63, 3.8) is 0 Å². The van der Waals surface area contributed by atoms with E-state index in [0.717, 1.165) is 25.2 Å². The smallest absolute Gasteiger partial charge is 0.255 e. The summed E-state index contributed by atoms with van der Waals surface area (Å²) in [6.07, 6.45) is 0. The molecule has 0 spiro atoms. The zero-order valence-electron chi connectivity index (χ0n) is 19.7. The minimum absolute atomic E-state index is 0.102. The number of likely N-dealkylation sites (tertiary alicyclic amines) is 1. The predicted molar refractivity (Wildman–Crippen MR) is 137 cm³/mol. The molecule has 5 heteroatoms. The molecule has 176 valence electrons. The number of rotatable bonds is 6. The van der Waals surface area contributed by atoms with Gasteiger partial charge < -0.3 is 9.73 Å². The Bertz CT molecular complexity index is 1430. The van der Waals surface area contributed by atoms with Crippen LogP contribution in [0.2, 0.25) is 0 Å². The van der Waals surface area contributed by atoms with Crippen molar-refractivity contribution in [1.82, 2.24) is 10.2 Å². The number of carbonyl (C=O) groups is 1. The van der Waals surface area contributed by atoms with Gasteiger partial charge in [-0.25, -0.2) is 0 Å². The van der Waals surface area contributed by atoms with Crippen LogP contribution in [0.25, 0.3) is 22.3 Å². The van der Waals surface area contributed by atoms with Gasteiger partial charge in [-0.05, 0) is 42.4 Å². The Morgan fingerprint density at radius 1 is 0.943 bits per heavy atom. The largest absolute Gasteiger partial charge is 0.455 e. The number of nitrogens with zero attached hydrogens (tertiary/aromatic N) is 1. The van der Waals surface area contributed by atoms with Crippen molar-refractivity contribution >= 4 is 16.9 Å². The number of piperidine rings is 1. The lowest BCUT2D eigenvalue weighted by molar-refractivity contribution is 0.0950. The first kappa shape index (κ1) is 21.8. The molecular weight excluding hydrogens is 436 g/mol. The fourth-order valence-corrected chi connectivity index (χ4v) is 5.67. The molecule has 2 aliphatic rings. The third kappa shape index (κ3) is 4.06. The quantitative estimate of drug-likeness (QED) is 0.442. The molecule has 6 rings (SSSR count). The molecule has 0 bridgehead atoms. The van der Waals surface area contributed by atoms with Gasteiger partial charge in [0.15, 0.2) is 11.0 Å². The summed E-state index contributed by atoms with van der Waals surface area (Å²) in [5.74, 6) is 2.15. The Balaban J connectivity index is 1.16. The molecule has 4 aromatic rings. The van der Waals surface area contributed by atoms with Crippen molar-refractivity contribution in [2.24, 2.45) is 17.8 Å². The van der Waals surface area contributed by atoms with Crippen LogP contribution in [-0.2, 0) is 6.54 Å². The number of amides is 1. The van der Waals surface area contributed by atoms with Gasteiger partial charge in [-0.1, -0.05) is 66.7 Å². The lowest BCUT2D eigenvalue weighted by Crippen LogP contribution is -2.30. The summed E-state index contributed by atoms with van der Waals surface area (Å²) in [5.41, 5.74) is 3.38. The minimum atomic E-state index is -0.187. The van der Waals surface area contributed by atoms with E-state index in [1.165, 1.54) is 5.56 Å². The lowest BCUT2D eigenvalue weighted by Gasteiger charge is -2.19. The summed E-state index contributed by atoms with van der Waals surface area (Å²) in [6.45, 7) is 5.59. The summed E-state index contributed by atoms with van der Waals surface area (Å²) in [7, 11) is 0. The topological polar surface area (TPSA) is 62.6 Å². The second-order valence-corrected chi connectivity index (χ2v) is 9.81. The first-order valence-electron chi connectivity index (χ1n) is 12.3. The first-order valence-corrected chi connectivity index (χ1v) is 12.3. The Kier molecular flexibility index (Phi) is 5.50. The van der Waals surface area contributed by atoms with E-state index >= 15 is 0 Å². The second kappa shape index (κ2) is 8.82. The van der Waals surface area contributed by atoms with Crippen LogP contribution in [0.4, 0.5) is 0 Å². The van der Waals surface area contributed by atoms with E-state index in [0.29, 0.717) is 52.2 Å². The number of hydrogen-bond donors (Lipinski definition) is 1. The highest BCUT2D eigenvalue weighted by atomic mass is 16.3. The van der Waals surface area contributed by atoms with Gasteiger partial charge in [0.05, 0.1) is 10.9 Å². The molecule has 2 atom stereocenters. The van der Waals surface area contributed by atoms with Crippen LogP contribution in [0.15, 0.2) is 88.1 Å². The Hall–Kier alpha value is -3.70. The molecule has 2 fully saturated rings. The van der Waals surface area contributed by atoms with Gasteiger partial charge in [-0.3, -0.25) is 14.5 Å². The molecule has 2 heterocycles. The van der Waals surface area contributed by atoms with Gasteiger partial charge in [-0.15, -0.1) is 0 Å². The number of hydrogen-bond acceptors (Lipinski definition) is 4. The molecule has 5 nitrogen and oxygen atoms in total. The van der Waals surface area contributed by atoms with E-state index in [1.54, 1.807) is 25.1 Å². The summed E-state index contributed by atoms with van der Waals surface area (Å²) in [4.78, 5) is 28.8. The van der Waals surface area contributed by atoms with Crippen LogP contribution in [-0.4, -0.2) is 30.4 Å². The van der Waals surface area contributed by atoms with Gasteiger partial charge in [0.25, 0.3) is 5.91 Å². The molecule has 1 aliphatic heterocycles. The standard InChI is InChI=1S/C30H28N2O3/c1-19-27(33)22-13-8-14-23(29(22)35-28(19)21-11-6-3-7-12-21)30(34)31-15-24-25-17-32(18-26(24)25)16-20-9-4-2-5-10-20/h2-14,24-26H,15-18H2,1H3,(H,31,34). The molecule has 1 N–H and O–H groups in total. The van der Waals surface area contributed by atoms with E-state index in [4.69, 9.17) is 4.42 Å². The molecule has 1 saturated heterocycles. The van der Waals surface area contributed by atoms with Crippen molar-refractivity contribution in [3.8, 4) is 11.3 Å². The number of nitrogens with one attached hydrogen (secondary N) is 1. The van der Waals surface area contributed by atoms with E-state index in [-0.39, 0.29) is 11.3 Å². The number of para-hydroxylation sites is 1. The van der Waals surface area contributed by atoms with Gasteiger partial charge in [0.2, 0.25) is 0 Å². The van der Waals surface area contributed by atoms with Crippen LogP contribution in [0.1, 0.15) is 21.5 Å². The fourth-order valence-electron chi connectivity index (χ4n) is 5.67. The maximum Gasteiger partial charge on any atom is 0.255 e. The number of carbonyl (C=O) groups excluding carboxylic acids is 1. The second-order valence-electron chi connectivity index (χ2n) is 9.81. The highest BCUT2D eigenvalue weighted by Crippen LogP contribution is 2.51. The lowest BCUT2D eigenvalue weighted by atomic mass is 10.0. The first-order chi connectivity index (χ1) is 17.1. The highest BCUT2D eigenvalue weighted by molar-refractivity contribution is 6.05. The molecule has 1 aliphatic carbocycles. The minimum Gasteiger partial charge on any atom is -0.455 e. The van der Waals surface area contributed by atoms with Crippen molar-refractivity contribution in [3.05, 3.63) is 106 Å². The van der Waals surface area contributed by atoms with Crippen LogP contribution >= 0.6 is 0 Å². The summed E-state index contributed by atoms with van der Waals surface area (Å²) < 4.78 is 6.21. The monoisotopic (exact) mass is 464 g/mol. The van der Waals surface area contributed by atoms with Crippen molar-refractivity contribution in [1.29, 1.82) is 0 Å². The van der Waals surface area contributed by atoms with Crippen LogP contribution in [0, 0.1) is 24.7 Å². The van der Waals surface area contributed by atoms with Crippen LogP contribution < -0.4 is 10.7 Å². The van der Waals surface area contributed by atoms with Crippen LogP contribution in [0.3, 0.4) is 0 Å². The zero-order valence-corrected chi connectivity index (χ0v) is 19.7. The SMILES string of the molecule is Cc1c(-c2ccccc2)oc2c(C(=O)NCC3C4CN(Cc5ccccc5)CC34)cccc2c1=O. The van der Waals surface area contributed by atoms with Crippen LogP contribution in [0.5, 0.6) is 0 Å². The third-order valence-electron chi connectivity index (χ3n) is 7.62. The van der Waals surface area contributed by atoms with E-state index in [2.05, 4.69) is 34.5 Å². The molecule has 35 heavy (non-hydrogen) atoms. The van der Waals surface area contributed by atoms with Crippen molar-refractivity contribution in [2.45, 2.75) is 13.5 Å². The molecule has 1 amide bonds. The Labute approximate surface area is 204 Å². The molecule has 0 radical (unpaired) electrons. The summed E-state index contributed by atoms with van der Waals surface area (Å²) >= 11 is 0. The normalized spacial score (nSPS) is 21.1. The van der Waals surface area contributed by atoms with Gasteiger partial charge in [-0.2, -0.15) is 0 Å². The predicted octanol–water partition coefficient (Wildman–Crippen LogP) is 4.88. The van der Waals surface area contributed by atoms with E-state index < -0.39 is 0 Å². The molecule has 1 saturated carbocycles. The van der Waals surface area contributed by atoms with Gasteiger partial charge in [0, 0.05) is 37.3 Å². The molecular formula is C30H28N2O3.